The SMILES string of the molecule is CCCNC(C)c1cccc(SCCS(=O)(=O)CC)c1. The first-order chi connectivity index (χ1) is 9.48. The number of benzene rings is 1. The molecule has 0 heterocycles. The van der Waals surface area contributed by atoms with Crippen LogP contribution >= 0.6 is 11.8 Å². The van der Waals surface area contributed by atoms with E-state index in [1.54, 1.807) is 18.7 Å². The van der Waals surface area contributed by atoms with E-state index in [2.05, 4.69) is 31.3 Å². The Labute approximate surface area is 127 Å². The maximum atomic E-state index is 11.5. The fourth-order valence-electron chi connectivity index (χ4n) is 1.78. The zero-order chi connectivity index (χ0) is 15.0. The molecule has 0 bridgehead atoms. The van der Waals surface area contributed by atoms with Crippen LogP contribution in [-0.4, -0.2) is 32.2 Å². The number of hydrogen-bond acceptors (Lipinski definition) is 4. The number of hydrogen-bond donors (Lipinski definition) is 1. The maximum Gasteiger partial charge on any atom is 0.150 e. The van der Waals surface area contributed by atoms with Crippen LogP contribution in [0.5, 0.6) is 0 Å². The molecule has 0 spiro atoms. The van der Waals surface area contributed by atoms with Crippen LogP contribution in [0.2, 0.25) is 0 Å². The summed E-state index contributed by atoms with van der Waals surface area (Å²) in [5.41, 5.74) is 1.25. The predicted molar refractivity (Wildman–Crippen MR) is 88.2 cm³/mol. The zero-order valence-electron chi connectivity index (χ0n) is 12.6. The van der Waals surface area contributed by atoms with E-state index in [9.17, 15) is 8.42 Å². The lowest BCUT2D eigenvalue weighted by molar-refractivity contribution is 0.570. The fourth-order valence-corrected chi connectivity index (χ4v) is 4.05. The van der Waals surface area contributed by atoms with Crippen LogP contribution in [0, 0.1) is 0 Å². The van der Waals surface area contributed by atoms with Crippen molar-refractivity contribution in [2.45, 2.75) is 38.1 Å². The van der Waals surface area contributed by atoms with Gasteiger partial charge < -0.3 is 5.32 Å². The summed E-state index contributed by atoms with van der Waals surface area (Å²) in [4.78, 5) is 1.14. The predicted octanol–water partition coefficient (Wildman–Crippen LogP) is 3.27. The van der Waals surface area contributed by atoms with Crippen LogP contribution in [-0.2, 0) is 9.84 Å². The van der Waals surface area contributed by atoms with Gasteiger partial charge in [-0.25, -0.2) is 8.42 Å². The summed E-state index contributed by atoms with van der Waals surface area (Å²) in [6.07, 6.45) is 1.12. The lowest BCUT2D eigenvalue weighted by Gasteiger charge is -2.14. The molecule has 0 radical (unpaired) electrons. The van der Waals surface area contributed by atoms with Gasteiger partial charge in [-0.3, -0.25) is 0 Å². The summed E-state index contributed by atoms with van der Waals surface area (Å²) in [6.45, 7) is 7.01. The van der Waals surface area contributed by atoms with Gasteiger partial charge in [0, 0.05) is 22.4 Å². The van der Waals surface area contributed by atoms with E-state index in [4.69, 9.17) is 0 Å². The largest absolute Gasteiger partial charge is 0.310 e. The Hall–Kier alpha value is -0.520. The number of thioether (sulfide) groups is 1. The second kappa shape index (κ2) is 8.70. The highest BCUT2D eigenvalue weighted by molar-refractivity contribution is 8.00. The van der Waals surface area contributed by atoms with Crippen LogP contribution < -0.4 is 5.32 Å². The summed E-state index contributed by atoms with van der Waals surface area (Å²) in [6, 6.07) is 8.67. The third-order valence-electron chi connectivity index (χ3n) is 3.16. The van der Waals surface area contributed by atoms with Crippen molar-refractivity contribution in [3.05, 3.63) is 29.8 Å². The first-order valence-electron chi connectivity index (χ1n) is 7.15. The summed E-state index contributed by atoms with van der Waals surface area (Å²) >= 11 is 1.61. The van der Waals surface area contributed by atoms with Crippen LogP contribution in [0.1, 0.15) is 38.8 Å². The molecule has 1 atom stereocenters. The lowest BCUT2D eigenvalue weighted by Crippen LogP contribution is -2.19. The van der Waals surface area contributed by atoms with Gasteiger partial charge in [-0.15, -0.1) is 11.8 Å². The fraction of sp³-hybridized carbons (Fsp3) is 0.600. The maximum absolute atomic E-state index is 11.5. The van der Waals surface area contributed by atoms with E-state index in [1.165, 1.54) is 5.56 Å². The Morgan fingerprint density at radius 1 is 1.30 bits per heavy atom. The molecule has 1 N–H and O–H groups in total. The number of sulfone groups is 1. The van der Waals surface area contributed by atoms with Gasteiger partial charge >= 0.3 is 0 Å². The van der Waals surface area contributed by atoms with E-state index in [0.717, 1.165) is 17.9 Å². The summed E-state index contributed by atoms with van der Waals surface area (Å²) in [5.74, 6) is 1.10. The Morgan fingerprint density at radius 3 is 2.70 bits per heavy atom. The minimum Gasteiger partial charge on any atom is -0.310 e. The molecule has 0 saturated heterocycles. The highest BCUT2D eigenvalue weighted by atomic mass is 32.2. The molecule has 0 amide bonds. The van der Waals surface area contributed by atoms with Gasteiger partial charge in [0.15, 0.2) is 9.84 Å². The molecule has 0 aliphatic carbocycles. The third-order valence-corrected chi connectivity index (χ3v) is 6.12. The standard InChI is InChI=1S/C15H25NO2S2/c1-4-9-16-13(3)14-7-6-8-15(12-14)19-10-11-20(17,18)5-2/h6-8,12-13,16H,4-5,9-11H2,1-3H3. The van der Waals surface area contributed by atoms with Crippen LogP contribution in [0.25, 0.3) is 0 Å². The molecule has 1 unspecified atom stereocenters. The van der Waals surface area contributed by atoms with E-state index in [1.807, 2.05) is 12.1 Å². The van der Waals surface area contributed by atoms with Crippen molar-refractivity contribution >= 4 is 21.6 Å². The molecular weight excluding hydrogens is 290 g/mol. The average Bonchev–Trinajstić information content (AvgIpc) is 2.45. The minimum absolute atomic E-state index is 0.228. The molecule has 1 aromatic rings. The second-order valence-electron chi connectivity index (χ2n) is 4.83. The van der Waals surface area contributed by atoms with Crippen LogP contribution in [0.4, 0.5) is 0 Å². The van der Waals surface area contributed by atoms with Crippen LogP contribution in [0.3, 0.4) is 0 Å². The molecular formula is C15H25NO2S2. The van der Waals surface area contributed by atoms with Gasteiger partial charge in [-0.1, -0.05) is 26.0 Å². The Bertz CT molecular complexity index is 500. The normalized spacial score (nSPS) is 13.3. The van der Waals surface area contributed by atoms with Gasteiger partial charge in [-0.2, -0.15) is 0 Å². The Balaban J connectivity index is 2.55. The van der Waals surface area contributed by atoms with Gasteiger partial charge in [0.25, 0.3) is 0 Å². The van der Waals surface area contributed by atoms with E-state index in [0.29, 0.717) is 11.8 Å². The van der Waals surface area contributed by atoms with Crippen molar-refractivity contribution in [1.82, 2.24) is 5.32 Å². The lowest BCUT2D eigenvalue weighted by atomic mass is 10.1. The minimum atomic E-state index is -2.86. The van der Waals surface area contributed by atoms with Gasteiger partial charge in [0.1, 0.15) is 0 Å². The molecule has 3 nitrogen and oxygen atoms in total. The molecule has 0 aliphatic rings. The third kappa shape index (κ3) is 6.29. The van der Waals surface area contributed by atoms with Crippen molar-refractivity contribution in [2.24, 2.45) is 0 Å². The summed E-state index contributed by atoms with van der Waals surface area (Å²) in [5, 5.41) is 3.46. The smallest absolute Gasteiger partial charge is 0.150 e. The van der Waals surface area contributed by atoms with Crippen molar-refractivity contribution in [3.8, 4) is 0 Å². The molecule has 0 aromatic heterocycles. The second-order valence-corrected chi connectivity index (χ2v) is 8.47. The molecule has 5 heteroatoms. The molecule has 20 heavy (non-hydrogen) atoms. The first kappa shape index (κ1) is 17.5. The molecule has 0 aliphatic heterocycles. The summed E-state index contributed by atoms with van der Waals surface area (Å²) in [7, 11) is -2.86. The van der Waals surface area contributed by atoms with Crippen molar-refractivity contribution < 1.29 is 8.42 Å². The number of rotatable bonds is 9. The molecule has 1 aromatic carbocycles. The molecule has 0 saturated carbocycles. The monoisotopic (exact) mass is 315 g/mol. The zero-order valence-corrected chi connectivity index (χ0v) is 14.2. The first-order valence-corrected chi connectivity index (χ1v) is 9.95. The molecule has 0 fully saturated rings. The highest BCUT2D eigenvalue weighted by Crippen LogP contribution is 2.22. The summed E-state index contributed by atoms with van der Waals surface area (Å²) < 4.78 is 22.9. The Kier molecular flexibility index (Phi) is 7.62. The van der Waals surface area contributed by atoms with Gasteiger partial charge in [0.2, 0.25) is 0 Å². The van der Waals surface area contributed by atoms with Crippen LogP contribution in [0.15, 0.2) is 29.2 Å². The average molecular weight is 316 g/mol. The highest BCUT2D eigenvalue weighted by Gasteiger charge is 2.08. The Morgan fingerprint density at radius 2 is 2.05 bits per heavy atom. The van der Waals surface area contributed by atoms with E-state index < -0.39 is 9.84 Å². The van der Waals surface area contributed by atoms with E-state index >= 15 is 0 Å². The van der Waals surface area contributed by atoms with Crippen molar-refractivity contribution in [2.75, 3.05) is 23.8 Å². The number of nitrogens with one attached hydrogen (secondary N) is 1. The van der Waals surface area contributed by atoms with Gasteiger partial charge in [-0.05, 0) is 37.6 Å². The topological polar surface area (TPSA) is 46.2 Å². The van der Waals surface area contributed by atoms with E-state index in [-0.39, 0.29) is 11.5 Å². The van der Waals surface area contributed by atoms with Crippen molar-refractivity contribution in [3.63, 3.8) is 0 Å². The molecule has 114 valence electrons. The van der Waals surface area contributed by atoms with Crippen molar-refractivity contribution in [1.29, 1.82) is 0 Å². The van der Waals surface area contributed by atoms with Gasteiger partial charge in [0.05, 0.1) is 5.75 Å². The molecule has 1 rings (SSSR count). The quantitative estimate of drug-likeness (QED) is 0.710.